The maximum Gasteiger partial charge on any atom is 0.213 e. The summed E-state index contributed by atoms with van der Waals surface area (Å²) in [4.78, 5) is 6.71. The number of hydrogen-bond donors (Lipinski definition) is 1. The Morgan fingerprint density at radius 1 is 1.32 bits per heavy atom. The van der Waals surface area contributed by atoms with Gasteiger partial charge in [0.1, 0.15) is 0 Å². The third kappa shape index (κ3) is 4.48. The fraction of sp³-hybridized carbons (Fsp3) is 0.667. The third-order valence-electron chi connectivity index (χ3n) is 3.54. The van der Waals surface area contributed by atoms with Gasteiger partial charge in [-0.3, -0.25) is 4.90 Å². The van der Waals surface area contributed by atoms with Crippen LogP contribution in [0.4, 0.5) is 0 Å². The minimum atomic E-state index is 0.691. The second kappa shape index (κ2) is 6.87. The standard InChI is InChI=1S/C15H25N3O/c1-12-7-16-8-13(2)10-18(9-12)11-14-4-5-17-15(6-14)19-3/h4-6,12-13,16H,7-11H2,1-3H3. The van der Waals surface area contributed by atoms with Gasteiger partial charge in [-0.1, -0.05) is 13.8 Å². The molecule has 1 aromatic rings. The second-order valence-electron chi connectivity index (χ2n) is 5.77. The molecular weight excluding hydrogens is 238 g/mol. The molecule has 4 nitrogen and oxygen atoms in total. The number of hydrogen-bond acceptors (Lipinski definition) is 4. The molecule has 2 unspecified atom stereocenters. The first-order valence-electron chi connectivity index (χ1n) is 7.09. The van der Waals surface area contributed by atoms with Gasteiger partial charge in [0.15, 0.2) is 0 Å². The minimum absolute atomic E-state index is 0.691. The Morgan fingerprint density at radius 3 is 2.63 bits per heavy atom. The van der Waals surface area contributed by atoms with E-state index in [0.717, 1.165) is 32.7 Å². The topological polar surface area (TPSA) is 37.4 Å². The van der Waals surface area contributed by atoms with Gasteiger partial charge in [-0.15, -0.1) is 0 Å². The van der Waals surface area contributed by atoms with Crippen molar-refractivity contribution < 1.29 is 4.74 Å². The molecule has 4 heteroatoms. The minimum Gasteiger partial charge on any atom is -0.481 e. The van der Waals surface area contributed by atoms with E-state index in [1.807, 2.05) is 12.3 Å². The molecule has 2 heterocycles. The molecule has 0 aromatic carbocycles. The summed E-state index contributed by atoms with van der Waals surface area (Å²) >= 11 is 0. The summed E-state index contributed by atoms with van der Waals surface area (Å²) in [5.41, 5.74) is 1.28. The highest BCUT2D eigenvalue weighted by atomic mass is 16.5. The first-order chi connectivity index (χ1) is 9.17. The van der Waals surface area contributed by atoms with Crippen LogP contribution in [0.25, 0.3) is 0 Å². The quantitative estimate of drug-likeness (QED) is 0.902. The Hall–Kier alpha value is -1.13. The van der Waals surface area contributed by atoms with Crippen molar-refractivity contribution in [2.75, 3.05) is 33.3 Å². The van der Waals surface area contributed by atoms with Crippen molar-refractivity contribution in [1.29, 1.82) is 0 Å². The molecule has 1 aliphatic rings. The number of ether oxygens (including phenoxy) is 1. The van der Waals surface area contributed by atoms with Gasteiger partial charge >= 0.3 is 0 Å². The maximum atomic E-state index is 5.19. The first kappa shape index (κ1) is 14.3. The largest absolute Gasteiger partial charge is 0.481 e. The van der Waals surface area contributed by atoms with Crippen molar-refractivity contribution in [2.24, 2.45) is 11.8 Å². The van der Waals surface area contributed by atoms with Crippen molar-refractivity contribution in [1.82, 2.24) is 15.2 Å². The molecule has 2 rings (SSSR count). The second-order valence-corrected chi connectivity index (χ2v) is 5.77. The molecule has 1 N–H and O–H groups in total. The van der Waals surface area contributed by atoms with Gasteiger partial charge in [-0.25, -0.2) is 4.98 Å². The van der Waals surface area contributed by atoms with E-state index >= 15 is 0 Å². The van der Waals surface area contributed by atoms with Crippen LogP contribution in [0.3, 0.4) is 0 Å². The van der Waals surface area contributed by atoms with Gasteiger partial charge in [0, 0.05) is 31.9 Å². The lowest BCUT2D eigenvalue weighted by molar-refractivity contribution is 0.178. The number of aromatic nitrogens is 1. The Morgan fingerprint density at radius 2 is 2.00 bits per heavy atom. The Labute approximate surface area is 116 Å². The molecular formula is C15H25N3O. The van der Waals surface area contributed by atoms with E-state index in [1.165, 1.54) is 5.56 Å². The Kier molecular flexibility index (Phi) is 5.16. The van der Waals surface area contributed by atoms with Crippen LogP contribution in [0, 0.1) is 11.8 Å². The monoisotopic (exact) mass is 263 g/mol. The molecule has 1 aliphatic heterocycles. The highest BCUT2D eigenvalue weighted by Gasteiger charge is 2.17. The average molecular weight is 263 g/mol. The van der Waals surface area contributed by atoms with Crippen molar-refractivity contribution in [3.05, 3.63) is 23.9 Å². The average Bonchev–Trinajstić information content (AvgIpc) is 2.37. The lowest BCUT2D eigenvalue weighted by Gasteiger charge is -2.31. The molecule has 1 aromatic heterocycles. The molecule has 2 atom stereocenters. The molecule has 1 saturated heterocycles. The highest BCUT2D eigenvalue weighted by molar-refractivity contribution is 5.20. The van der Waals surface area contributed by atoms with Gasteiger partial charge in [-0.2, -0.15) is 0 Å². The SMILES string of the molecule is COc1cc(CN2CC(C)CNCC(C)C2)ccn1. The molecule has 0 aliphatic carbocycles. The summed E-state index contributed by atoms with van der Waals surface area (Å²) in [6.07, 6.45) is 1.83. The van der Waals surface area contributed by atoms with Crippen LogP contribution in [0.1, 0.15) is 19.4 Å². The maximum absolute atomic E-state index is 5.19. The summed E-state index contributed by atoms with van der Waals surface area (Å²) in [6, 6.07) is 4.11. The molecule has 0 amide bonds. The van der Waals surface area contributed by atoms with E-state index in [-0.39, 0.29) is 0 Å². The highest BCUT2D eigenvalue weighted by Crippen LogP contribution is 2.14. The smallest absolute Gasteiger partial charge is 0.213 e. The van der Waals surface area contributed by atoms with Crippen LogP contribution in [-0.2, 0) is 6.54 Å². The summed E-state index contributed by atoms with van der Waals surface area (Å²) in [5.74, 6) is 2.08. The molecule has 0 radical (unpaired) electrons. The van der Waals surface area contributed by atoms with Gasteiger partial charge < -0.3 is 10.1 Å². The van der Waals surface area contributed by atoms with Crippen molar-refractivity contribution in [2.45, 2.75) is 20.4 Å². The summed E-state index contributed by atoms with van der Waals surface area (Å²) in [7, 11) is 1.66. The lowest BCUT2D eigenvalue weighted by atomic mass is 10.0. The first-order valence-corrected chi connectivity index (χ1v) is 7.09. The zero-order valence-corrected chi connectivity index (χ0v) is 12.2. The van der Waals surface area contributed by atoms with E-state index in [9.17, 15) is 0 Å². The van der Waals surface area contributed by atoms with Gasteiger partial charge in [0.2, 0.25) is 5.88 Å². The normalized spacial score (nSPS) is 25.6. The van der Waals surface area contributed by atoms with Gasteiger partial charge in [-0.05, 0) is 36.6 Å². The van der Waals surface area contributed by atoms with E-state index in [4.69, 9.17) is 4.74 Å². The van der Waals surface area contributed by atoms with E-state index in [2.05, 4.69) is 35.1 Å². The number of nitrogens with one attached hydrogen (secondary N) is 1. The van der Waals surface area contributed by atoms with Crippen LogP contribution in [0.15, 0.2) is 18.3 Å². The summed E-state index contributed by atoms with van der Waals surface area (Å²) < 4.78 is 5.19. The zero-order chi connectivity index (χ0) is 13.7. The fourth-order valence-electron chi connectivity index (χ4n) is 2.71. The molecule has 1 fully saturated rings. The number of rotatable bonds is 3. The molecule has 0 spiro atoms. The van der Waals surface area contributed by atoms with E-state index in [1.54, 1.807) is 7.11 Å². The zero-order valence-electron chi connectivity index (χ0n) is 12.2. The predicted molar refractivity (Wildman–Crippen MR) is 77.3 cm³/mol. The lowest BCUT2D eigenvalue weighted by Crippen LogP contribution is -2.42. The molecule has 0 bridgehead atoms. The van der Waals surface area contributed by atoms with E-state index < -0.39 is 0 Å². The number of methoxy groups -OCH3 is 1. The van der Waals surface area contributed by atoms with E-state index in [0.29, 0.717) is 17.7 Å². The van der Waals surface area contributed by atoms with Crippen LogP contribution in [-0.4, -0.2) is 43.2 Å². The number of nitrogens with zero attached hydrogens (tertiary/aromatic N) is 2. The predicted octanol–water partition coefficient (Wildman–Crippen LogP) is 1.77. The summed E-state index contributed by atoms with van der Waals surface area (Å²) in [6.45, 7) is 10.1. The van der Waals surface area contributed by atoms with Crippen LogP contribution < -0.4 is 10.1 Å². The van der Waals surface area contributed by atoms with Gasteiger partial charge in [0.05, 0.1) is 7.11 Å². The number of pyridine rings is 1. The Bertz CT molecular complexity index is 385. The van der Waals surface area contributed by atoms with Crippen molar-refractivity contribution in [3.63, 3.8) is 0 Å². The molecule has 19 heavy (non-hydrogen) atoms. The van der Waals surface area contributed by atoms with Gasteiger partial charge in [0.25, 0.3) is 0 Å². The fourth-order valence-corrected chi connectivity index (χ4v) is 2.71. The Balaban J connectivity index is 2.01. The molecule has 0 saturated carbocycles. The van der Waals surface area contributed by atoms with Crippen molar-refractivity contribution in [3.8, 4) is 5.88 Å². The molecule has 106 valence electrons. The van der Waals surface area contributed by atoms with Crippen molar-refractivity contribution >= 4 is 0 Å². The van der Waals surface area contributed by atoms with Crippen LogP contribution >= 0.6 is 0 Å². The third-order valence-corrected chi connectivity index (χ3v) is 3.54. The van der Waals surface area contributed by atoms with Crippen LogP contribution in [0.5, 0.6) is 5.88 Å². The van der Waals surface area contributed by atoms with Crippen LogP contribution in [0.2, 0.25) is 0 Å². The summed E-state index contributed by atoms with van der Waals surface area (Å²) in [5, 5.41) is 3.53.